The number of nitrogens with two attached hydrogens (primary N) is 1. The van der Waals surface area contributed by atoms with Gasteiger partial charge in [0.15, 0.2) is 11.4 Å². The van der Waals surface area contributed by atoms with Crippen molar-refractivity contribution in [2.24, 2.45) is 0 Å². The second kappa shape index (κ2) is 2.20. The van der Waals surface area contributed by atoms with Crippen molar-refractivity contribution in [3.05, 3.63) is 23.5 Å². The number of hydrogen-bond donors (Lipinski definition) is 1. The van der Waals surface area contributed by atoms with Crippen molar-refractivity contribution in [2.75, 3.05) is 5.73 Å². The molecule has 0 unspecified atom stereocenters. The molecule has 0 radical (unpaired) electrons. The molecule has 12 heavy (non-hydrogen) atoms. The summed E-state index contributed by atoms with van der Waals surface area (Å²) in [5, 5.41) is 0. The van der Waals surface area contributed by atoms with Crippen LogP contribution in [0.4, 0.5) is 10.4 Å². The molecule has 0 amide bonds. The molecule has 1 aromatic carbocycles. The zero-order chi connectivity index (χ0) is 8.72. The molecule has 0 aliphatic rings. The fraction of sp³-hybridized carbons (Fsp3) is 0.125. The fourth-order valence-corrected chi connectivity index (χ4v) is 1.12. The van der Waals surface area contributed by atoms with Gasteiger partial charge in [-0.2, -0.15) is 4.98 Å². The van der Waals surface area contributed by atoms with Gasteiger partial charge in [0, 0.05) is 0 Å². The zero-order valence-electron chi connectivity index (χ0n) is 6.47. The quantitative estimate of drug-likeness (QED) is 0.649. The number of hydrogen-bond acceptors (Lipinski definition) is 3. The van der Waals surface area contributed by atoms with E-state index in [1.54, 1.807) is 6.07 Å². The molecule has 0 bridgehead atoms. The molecule has 2 rings (SSSR count). The average Bonchev–Trinajstić information content (AvgIpc) is 2.41. The highest BCUT2D eigenvalue weighted by molar-refractivity contribution is 5.78. The van der Waals surface area contributed by atoms with E-state index in [1.165, 1.54) is 6.07 Å². The van der Waals surface area contributed by atoms with Crippen molar-refractivity contribution >= 4 is 17.1 Å². The Morgan fingerprint density at radius 1 is 1.50 bits per heavy atom. The summed E-state index contributed by atoms with van der Waals surface area (Å²) in [5.41, 5.74) is 6.74. The van der Waals surface area contributed by atoms with Crippen molar-refractivity contribution in [1.29, 1.82) is 0 Å². The third-order valence-corrected chi connectivity index (χ3v) is 1.71. The molecule has 1 heterocycles. The van der Waals surface area contributed by atoms with Gasteiger partial charge in [0.05, 0.1) is 0 Å². The first-order valence-corrected chi connectivity index (χ1v) is 3.49. The molecule has 0 spiro atoms. The van der Waals surface area contributed by atoms with Crippen LogP contribution in [0.25, 0.3) is 11.1 Å². The maximum absolute atomic E-state index is 13.0. The molecular weight excluding hydrogens is 159 g/mol. The fourth-order valence-electron chi connectivity index (χ4n) is 1.12. The van der Waals surface area contributed by atoms with E-state index >= 15 is 0 Å². The predicted octanol–water partition coefficient (Wildman–Crippen LogP) is 1.86. The van der Waals surface area contributed by atoms with E-state index in [9.17, 15) is 4.39 Å². The second-order valence-corrected chi connectivity index (χ2v) is 2.59. The minimum Gasteiger partial charge on any atom is -0.423 e. The van der Waals surface area contributed by atoms with Crippen molar-refractivity contribution in [1.82, 2.24) is 4.98 Å². The third-order valence-electron chi connectivity index (χ3n) is 1.71. The van der Waals surface area contributed by atoms with Crippen LogP contribution in [-0.2, 0) is 0 Å². The van der Waals surface area contributed by atoms with Crippen LogP contribution in [0.3, 0.4) is 0 Å². The van der Waals surface area contributed by atoms with Gasteiger partial charge in [-0.1, -0.05) is 6.07 Å². The van der Waals surface area contributed by atoms with E-state index in [2.05, 4.69) is 4.98 Å². The number of nitrogens with zero attached hydrogens (tertiary/aromatic N) is 1. The van der Waals surface area contributed by atoms with Gasteiger partial charge in [0.2, 0.25) is 0 Å². The van der Waals surface area contributed by atoms with Gasteiger partial charge in [-0.15, -0.1) is 0 Å². The van der Waals surface area contributed by atoms with Crippen molar-refractivity contribution in [2.45, 2.75) is 6.92 Å². The highest BCUT2D eigenvalue weighted by atomic mass is 19.1. The number of oxazole rings is 1. The molecule has 3 nitrogen and oxygen atoms in total. The number of rotatable bonds is 0. The lowest BCUT2D eigenvalue weighted by atomic mass is 10.2. The van der Waals surface area contributed by atoms with Gasteiger partial charge in [0.25, 0.3) is 6.01 Å². The Bertz CT molecular complexity index is 397. The summed E-state index contributed by atoms with van der Waals surface area (Å²) in [4.78, 5) is 3.71. The standard InChI is InChI=1S/C8H7FN2O/c1-4-2-3-5(9)6-7(4)12-8(10)11-6/h2-3H,1H3,(H2,10,11). The SMILES string of the molecule is Cc1ccc(F)c2nc(N)oc12. The smallest absolute Gasteiger partial charge is 0.293 e. The zero-order valence-corrected chi connectivity index (χ0v) is 6.47. The minimum atomic E-state index is -0.406. The Hall–Kier alpha value is -1.58. The Morgan fingerprint density at radius 2 is 2.25 bits per heavy atom. The maximum Gasteiger partial charge on any atom is 0.293 e. The highest BCUT2D eigenvalue weighted by Gasteiger charge is 2.09. The van der Waals surface area contributed by atoms with E-state index in [4.69, 9.17) is 10.2 Å². The number of benzene rings is 1. The molecule has 0 saturated heterocycles. The lowest BCUT2D eigenvalue weighted by Gasteiger charge is -1.92. The number of fused-ring (bicyclic) bond motifs is 1. The number of nitrogen functional groups attached to an aromatic ring is 1. The molecule has 2 N–H and O–H groups in total. The van der Waals surface area contributed by atoms with Gasteiger partial charge in [-0.05, 0) is 18.6 Å². The molecule has 2 aromatic rings. The first kappa shape index (κ1) is 7.09. The number of aryl methyl sites for hydroxylation is 1. The van der Waals surface area contributed by atoms with Crippen LogP contribution in [0, 0.1) is 12.7 Å². The monoisotopic (exact) mass is 166 g/mol. The van der Waals surface area contributed by atoms with E-state index in [-0.39, 0.29) is 11.5 Å². The lowest BCUT2D eigenvalue weighted by molar-refractivity contribution is 0.619. The van der Waals surface area contributed by atoms with E-state index in [1.807, 2.05) is 6.92 Å². The van der Waals surface area contributed by atoms with E-state index < -0.39 is 5.82 Å². The van der Waals surface area contributed by atoms with Gasteiger partial charge in [-0.3, -0.25) is 0 Å². The number of halogens is 1. The highest BCUT2D eigenvalue weighted by Crippen LogP contribution is 2.22. The van der Waals surface area contributed by atoms with Crippen LogP contribution in [0.5, 0.6) is 0 Å². The van der Waals surface area contributed by atoms with Gasteiger partial charge in [0.1, 0.15) is 5.52 Å². The van der Waals surface area contributed by atoms with Crippen LogP contribution in [0.15, 0.2) is 16.5 Å². The minimum absolute atomic E-state index is 0.00167. The summed E-state index contributed by atoms with van der Waals surface area (Å²) in [7, 11) is 0. The van der Waals surface area contributed by atoms with Gasteiger partial charge >= 0.3 is 0 Å². The first-order chi connectivity index (χ1) is 5.68. The molecule has 1 aromatic heterocycles. The van der Waals surface area contributed by atoms with Gasteiger partial charge < -0.3 is 10.2 Å². The molecule has 4 heteroatoms. The molecule has 0 aliphatic heterocycles. The summed E-state index contributed by atoms with van der Waals surface area (Å²) >= 11 is 0. The van der Waals surface area contributed by atoms with Crippen LogP contribution in [0.1, 0.15) is 5.56 Å². The van der Waals surface area contributed by atoms with Crippen LogP contribution >= 0.6 is 0 Å². The topological polar surface area (TPSA) is 52.0 Å². The summed E-state index contributed by atoms with van der Waals surface area (Å²) in [6, 6.07) is 2.97. The number of anilines is 1. The Balaban J connectivity index is 2.93. The molecular formula is C8H7FN2O. The van der Waals surface area contributed by atoms with Crippen molar-refractivity contribution < 1.29 is 8.81 Å². The van der Waals surface area contributed by atoms with Crippen LogP contribution in [-0.4, -0.2) is 4.98 Å². The number of aromatic nitrogens is 1. The summed E-state index contributed by atoms with van der Waals surface area (Å²) < 4.78 is 18.0. The first-order valence-electron chi connectivity index (χ1n) is 3.49. The molecule has 0 saturated carbocycles. The summed E-state index contributed by atoms with van der Waals surface area (Å²) in [6.07, 6.45) is 0. The van der Waals surface area contributed by atoms with Gasteiger partial charge in [-0.25, -0.2) is 4.39 Å². The third kappa shape index (κ3) is 0.845. The van der Waals surface area contributed by atoms with E-state index in [0.29, 0.717) is 5.58 Å². The van der Waals surface area contributed by atoms with E-state index in [0.717, 1.165) is 5.56 Å². The van der Waals surface area contributed by atoms with Crippen molar-refractivity contribution in [3.8, 4) is 0 Å². The molecule has 0 atom stereocenters. The Morgan fingerprint density at radius 3 is 2.92 bits per heavy atom. The Labute approximate surface area is 68.0 Å². The van der Waals surface area contributed by atoms with Crippen molar-refractivity contribution in [3.63, 3.8) is 0 Å². The summed E-state index contributed by atoms with van der Waals surface area (Å²) in [5.74, 6) is -0.406. The second-order valence-electron chi connectivity index (χ2n) is 2.59. The molecule has 0 fully saturated rings. The maximum atomic E-state index is 13.0. The molecule has 0 aliphatic carbocycles. The average molecular weight is 166 g/mol. The Kier molecular flexibility index (Phi) is 1.30. The predicted molar refractivity (Wildman–Crippen MR) is 43.1 cm³/mol. The van der Waals surface area contributed by atoms with Crippen LogP contribution < -0.4 is 5.73 Å². The largest absolute Gasteiger partial charge is 0.423 e. The lowest BCUT2D eigenvalue weighted by Crippen LogP contribution is -1.82. The normalized spacial score (nSPS) is 10.8. The summed E-state index contributed by atoms with van der Waals surface area (Å²) in [6.45, 7) is 1.81. The van der Waals surface area contributed by atoms with Crippen LogP contribution in [0.2, 0.25) is 0 Å². The molecule has 62 valence electrons.